The summed E-state index contributed by atoms with van der Waals surface area (Å²) in [5.41, 5.74) is 0. The molecule has 0 N–H and O–H groups in total. The fourth-order valence-electron chi connectivity index (χ4n) is 0. The molecule has 5 heavy (non-hydrogen) atoms. The third-order valence-electron chi connectivity index (χ3n) is 0.201. The summed E-state index contributed by atoms with van der Waals surface area (Å²) < 4.78 is 3.89. The number of hydrogen-bond donors (Lipinski definition) is 0. The van der Waals surface area contributed by atoms with Crippen molar-refractivity contribution in [3.05, 3.63) is 12.5 Å². The van der Waals surface area contributed by atoms with Gasteiger partial charge >= 0.3 is 5.95 Å². The van der Waals surface area contributed by atoms with Gasteiger partial charge in [-0.15, -0.1) is 0 Å². The molecule has 0 saturated heterocycles. The predicted octanol–water partition coefficient (Wildman–Crippen LogP) is -0.733. The molecule has 2 heteroatoms. The van der Waals surface area contributed by atoms with Crippen LogP contribution in [-0.4, -0.2) is 7.11 Å². The molecule has 0 saturated carbocycles. The van der Waals surface area contributed by atoms with Crippen molar-refractivity contribution in [3.63, 3.8) is 0 Å². The van der Waals surface area contributed by atoms with Crippen molar-refractivity contribution in [3.8, 4) is 0 Å². The first-order valence-electron chi connectivity index (χ1n) is 1.11. The van der Waals surface area contributed by atoms with Crippen molar-refractivity contribution in [2.45, 2.75) is 0 Å². The molecule has 0 rings (SSSR count). The zero-order valence-corrected chi connectivity index (χ0v) is 2.89. The van der Waals surface area contributed by atoms with Gasteiger partial charge in [-0.05, 0) is 7.11 Å². The SMILES string of the molecule is [CH+]=C([O-])OC. The molecule has 0 aliphatic carbocycles. The van der Waals surface area contributed by atoms with Crippen molar-refractivity contribution in [2.24, 2.45) is 0 Å². The molecule has 0 aromatic carbocycles. The van der Waals surface area contributed by atoms with E-state index in [1.54, 1.807) is 0 Å². The average Bonchev–Trinajstić information content (AvgIpc) is 1.38. The number of ether oxygens (including phenoxy) is 1. The molecule has 0 atom stereocenters. The van der Waals surface area contributed by atoms with E-state index in [9.17, 15) is 5.11 Å². The lowest BCUT2D eigenvalue weighted by Crippen LogP contribution is -2.01. The second-order valence-corrected chi connectivity index (χ2v) is 0.523. The number of methoxy groups -OCH3 is 1. The van der Waals surface area contributed by atoms with E-state index in [-0.39, 0.29) is 0 Å². The topological polar surface area (TPSA) is 32.3 Å². The van der Waals surface area contributed by atoms with E-state index >= 15 is 0 Å². The van der Waals surface area contributed by atoms with Gasteiger partial charge in [0.25, 0.3) is 0 Å². The van der Waals surface area contributed by atoms with Crippen LogP contribution in [0.25, 0.3) is 0 Å². The van der Waals surface area contributed by atoms with Gasteiger partial charge in [0.05, 0.1) is 0 Å². The first-order chi connectivity index (χ1) is 2.27. The Kier molecular flexibility index (Phi) is 1.32. The van der Waals surface area contributed by atoms with E-state index in [1.807, 2.05) is 0 Å². The lowest BCUT2D eigenvalue weighted by molar-refractivity contribution is -0.353. The zero-order valence-electron chi connectivity index (χ0n) is 2.89. The Labute approximate surface area is 30.7 Å². The van der Waals surface area contributed by atoms with Crippen molar-refractivity contribution < 1.29 is 9.84 Å². The lowest BCUT2D eigenvalue weighted by Gasteiger charge is -1.90. The Balaban J connectivity index is 2.85. The molecule has 0 aromatic rings. The van der Waals surface area contributed by atoms with E-state index in [0.29, 0.717) is 0 Å². The van der Waals surface area contributed by atoms with Crippen LogP contribution in [0.3, 0.4) is 0 Å². The normalized spacial score (nSPS) is 6.40. The molecule has 0 aliphatic rings. The van der Waals surface area contributed by atoms with Gasteiger partial charge in [0, 0.05) is 0 Å². The van der Waals surface area contributed by atoms with Gasteiger partial charge in [0.1, 0.15) is 0 Å². The van der Waals surface area contributed by atoms with Gasteiger partial charge in [-0.3, -0.25) is 0 Å². The molecular formula is C3H4O2. The predicted molar refractivity (Wildman–Crippen MR) is 14.8 cm³/mol. The van der Waals surface area contributed by atoms with Crippen LogP contribution in [0.1, 0.15) is 0 Å². The molecule has 0 heterocycles. The number of hydrogen-bond acceptors (Lipinski definition) is 2. The summed E-state index contributed by atoms with van der Waals surface area (Å²) in [6, 6.07) is 0. The molecule has 0 aromatic heterocycles. The molecular weight excluding hydrogens is 68.0 g/mol. The molecule has 0 aliphatic heterocycles. The van der Waals surface area contributed by atoms with E-state index in [1.165, 1.54) is 7.11 Å². The fourth-order valence-corrected chi connectivity index (χ4v) is 0. The third kappa shape index (κ3) is 3.25. The minimum atomic E-state index is -0.745. The largest absolute Gasteiger partial charge is 0.579 e. The molecule has 2 nitrogen and oxygen atoms in total. The minimum Gasteiger partial charge on any atom is -0.579 e. The smallest absolute Gasteiger partial charge is 0.318 e. The van der Waals surface area contributed by atoms with Gasteiger partial charge < -0.3 is 9.84 Å². The van der Waals surface area contributed by atoms with Crippen molar-refractivity contribution in [1.29, 1.82) is 0 Å². The summed E-state index contributed by atoms with van der Waals surface area (Å²) in [6.45, 7) is 4.43. The van der Waals surface area contributed by atoms with Gasteiger partial charge in [-0.2, -0.15) is 0 Å². The van der Waals surface area contributed by atoms with Crippen LogP contribution >= 0.6 is 0 Å². The Morgan fingerprint density at radius 3 is 2.20 bits per heavy atom. The van der Waals surface area contributed by atoms with Gasteiger partial charge in [-0.25, -0.2) is 0 Å². The third-order valence-corrected chi connectivity index (χ3v) is 0.201. The summed E-state index contributed by atoms with van der Waals surface area (Å²) in [5.74, 6) is -0.745. The fraction of sp³-hybridized carbons (Fsp3) is 0.333. The van der Waals surface area contributed by atoms with Crippen LogP contribution in [-0.2, 0) is 4.74 Å². The molecule has 0 radical (unpaired) electrons. The van der Waals surface area contributed by atoms with Gasteiger partial charge in [0.2, 0.25) is 6.58 Å². The quantitative estimate of drug-likeness (QED) is 0.302. The zero-order chi connectivity index (χ0) is 4.28. The highest BCUT2D eigenvalue weighted by Gasteiger charge is 1.70. The highest BCUT2D eigenvalue weighted by Crippen LogP contribution is 1.66. The maximum absolute atomic E-state index is 9.37. The Hall–Kier alpha value is -0.750. The van der Waals surface area contributed by atoms with Gasteiger partial charge in [0.15, 0.2) is 0 Å². The molecule has 0 amide bonds. The second-order valence-electron chi connectivity index (χ2n) is 0.523. The van der Waals surface area contributed by atoms with Crippen molar-refractivity contribution >= 4 is 0 Å². The first-order valence-corrected chi connectivity index (χ1v) is 1.11. The van der Waals surface area contributed by atoms with E-state index < -0.39 is 5.95 Å². The number of rotatable bonds is 1. The van der Waals surface area contributed by atoms with Crippen LogP contribution < -0.4 is 5.11 Å². The van der Waals surface area contributed by atoms with Crippen LogP contribution in [0.4, 0.5) is 0 Å². The first kappa shape index (κ1) is 4.25. The summed E-state index contributed by atoms with van der Waals surface area (Å²) in [6.07, 6.45) is 0. The van der Waals surface area contributed by atoms with Crippen LogP contribution in [0, 0.1) is 6.58 Å². The van der Waals surface area contributed by atoms with Crippen LogP contribution in [0.2, 0.25) is 0 Å². The lowest BCUT2D eigenvalue weighted by atomic mass is 11.0. The Morgan fingerprint density at radius 2 is 2.20 bits per heavy atom. The standard InChI is InChI=1S/C3H4O2/c1-3(4)5-2/h1H,2H3. The second kappa shape index (κ2) is 1.56. The van der Waals surface area contributed by atoms with Gasteiger partial charge in [-0.1, -0.05) is 0 Å². The highest BCUT2D eigenvalue weighted by atomic mass is 16.6. The average molecular weight is 72.1 g/mol. The Bertz CT molecular complexity index is 40.2. The summed E-state index contributed by atoms with van der Waals surface area (Å²) >= 11 is 0. The van der Waals surface area contributed by atoms with Crippen molar-refractivity contribution in [2.75, 3.05) is 7.11 Å². The van der Waals surface area contributed by atoms with Crippen molar-refractivity contribution in [1.82, 2.24) is 0 Å². The van der Waals surface area contributed by atoms with Crippen LogP contribution in [0.5, 0.6) is 0 Å². The molecule has 0 bridgehead atoms. The monoisotopic (exact) mass is 72.0 g/mol. The molecule has 0 fully saturated rings. The maximum atomic E-state index is 9.37. The summed E-state index contributed by atoms with van der Waals surface area (Å²) in [4.78, 5) is 0. The molecule has 0 unspecified atom stereocenters. The maximum Gasteiger partial charge on any atom is 0.318 e. The minimum absolute atomic E-state index is 0.745. The van der Waals surface area contributed by atoms with E-state index in [4.69, 9.17) is 0 Å². The summed E-state index contributed by atoms with van der Waals surface area (Å²) in [7, 11) is 1.22. The van der Waals surface area contributed by atoms with E-state index in [2.05, 4.69) is 11.3 Å². The van der Waals surface area contributed by atoms with E-state index in [0.717, 1.165) is 0 Å². The molecule has 0 spiro atoms. The van der Waals surface area contributed by atoms with Crippen LogP contribution in [0.15, 0.2) is 5.95 Å². The highest BCUT2D eigenvalue weighted by molar-refractivity contribution is 4.49. The Morgan fingerprint density at radius 1 is 2.00 bits per heavy atom. The summed E-state index contributed by atoms with van der Waals surface area (Å²) in [5, 5.41) is 9.37. The molecule has 28 valence electrons.